The number of methoxy groups -OCH3 is 1. The number of carbonyl (C=O) groups is 3. The molecule has 0 saturated heterocycles. The normalized spacial score (nSPS) is 13.3. The molecule has 1 unspecified atom stereocenters. The molecule has 0 aliphatic rings. The Hall–Kier alpha value is -2.18. The summed E-state index contributed by atoms with van der Waals surface area (Å²) in [5, 5.41) is 6.57. The molecule has 0 radical (unpaired) electrons. The number of hydrogen-bond donors (Lipinski definition) is 1. The van der Waals surface area contributed by atoms with Crippen LogP contribution in [0.15, 0.2) is 12.4 Å². The summed E-state index contributed by atoms with van der Waals surface area (Å²) in [6.07, 6.45) is 3.38. The number of nitrogens with zero attached hydrogens (tertiary/aromatic N) is 2. The number of nitrogens with one attached hydrogen (secondary N) is 1. The van der Waals surface area contributed by atoms with Gasteiger partial charge in [0.1, 0.15) is 0 Å². The van der Waals surface area contributed by atoms with Crippen LogP contribution >= 0.6 is 0 Å². The second-order valence-corrected chi connectivity index (χ2v) is 5.04. The van der Waals surface area contributed by atoms with E-state index in [2.05, 4.69) is 15.2 Å². The average Bonchev–Trinajstić information content (AvgIpc) is 2.94. The van der Waals surface area contributed by atoms with Gasteiger partial charge >= 0.3 is 5.97 Å². The van der Waals surface area contributed by atoms with E-state index in [4.69, 9.17) is 0 Å². The summed E-state index contributed by atoms with van der Waals surface area (Å²) in [5.41, 5.74) is -0.591. The molecule has 0 aliphatic carbocycles. The number of hydrogen-bond acceptors (Lipinski definition) is 5. The van der Waals surface area contributed by atoms with E-state index in [-0.39, 0.29) is 12.0 Å². The zero-order chi connectivity index (χ0) is 16.0. The molecule has 0 aliphatic heterocycles. The first-order chi connectivity index (χ1) is 9.85. The molecule has 1 N–H and O–H groups in total. The van der Waals surface area contributed by atoms with Crippen molar-refractivity contribution in [2.45, 2.75) is 45.7 Å². The van der Waals surface area contributed by atoms with Crippen LogP contribution in [-0.4, -0.2) is 40.1 Å². The highest BCUT2D eigenvalue weighted by atomic mass is 16.5. The zero-order valence-electron chi connectivity index (χ0n) is 12.8. The predicted molar refractivity (Wildman–Crippen MR) is 75.7 cm³/mol. The Morgan fingerprint density at radius 2 is 2.05 bits per heavy atom. The van der Waals surface area contributed by atoms with Crippen molar-refractivity contribution in [3.05, 3.63) is 18.0 Å². The Balaban J connectivity index is 2.77. The molecule has 0 saturated carbocycles. The molecule has 1 heterocycles. The molecule has 1 amide bonds. The fraction of sp³-hybridized carbons (Fsp3) is 0.571. The fourth-order valence-corrected chi connectivity index (χ4v) is 1.76. The van der Waals surface area contributed by atoms with Gasteiger partial charge in [-0.05, 0) is 20.3 Å². The van der Waals surface area contributed by atoms with Crippen molar-refractivity contribution in [3.8, 4) is 0 Å². The summed E-state index contributed by atoms with van der Waals surface area (Å²) in [6.45, 7) is 6.02. The summed E-state index contributed by atoms with van der Waals surface area (Å²) < 4.78 is 6.17. The lowest BCUT2D eigenvalue weighted by Gasteiger charge is -2.27. The molecule has 0 bridgehead atoms. The Labute approximate surface area is 123 Å². The second kappa shape index (κ2) is 7.01. The van der Waals surface area contributed by atoms with Gasteiger partial charge in [-0.1, -0.05) is 6.92 Å². The molecule has 116 valence electrons. The van der Waals surface area contributed by atoms with Crippen molar-refractivity contribution in [1.29, 1.82) is 0 Å². The summed E-state index contributed by atoms with van der Waals surface area (Å²) in [5.74, 6) is -1.86. The van der Waals surface area contributed by atoms with Crippen LogP contribution in [0.25, 0.3) is 0 Å². The minimum atomic E-state index is -0.819. The highest BCUT2D eigenvalue weighted by molar-refractivity contribution is 6.42. The quantitative estimate of drug-likeness (QED) is 0.459. The Morgan fingerprint density at radius 1 is 1.38 bits per heavy atom. The standard InChI is InChI=1S/C14H21N3O4/c1-5-14(3,7-11(18)21-4)16-13(20)12(19)10-8-15-17(6-2)9-10/h8-9H,5-7H2,1-4H3,(H,16,20). The van der Waals surface area contributed by atoms with Crippen LogP contribution in [0.2, 0.25) is 0 Å². The zero-order valence-corrected chi connectivity index (χ0v) is 12.8. The molecule has 1 aromatic heterocycles. The van der Waals surface area contributed by atoms with Gasteiger partial charge in [-0.3, -0.25) is 19.1 Å². The molecule has 1 rings (SSSR count). The minimum Gasteiger partial charge on any atom is -0.469 e. The predicted octanol–water partition coefficient (Wildman–Crippen LogP) is 0.934. The topological polar surface area (TPSA) is 90.3 Å². The summed E-state index contributed by atoms with van der Waals surface area (Å²) in [4.78, 5) is 35.5. The van der Waals surface area contributed by atoms with Crippen molar-refractivity contribution in [2.24, 2.45) is 0 Å². The number of carbonyl (C=O) groups excluding carboxylic acids is 3. The van der Waals surface area contributed by atoms with E-state index in [9.17, 15) is 14.4 Å². The van der Waals surface area contributed by atoms with E-state index in [0.29, 0.717) is 13.0 Å². The van der Waals surface area contributed by atoms with Crippen LogP contribution in [0.4, 0.5) is 0 Å². The first kappa shape index (κ1) is 16.9. The van der Waals surface area contributed by atoms with Crippen molar-refractivity contribution in [3.63, 3.8) is 0 Å². The molecule has 7 nitrogen and oxygen atoms in total. The van der Waals surface area contributed by atoms with Gasteiger partial charge in [-0.15, -0.1) is 0 Å². The van der Waals surface area contributed by atoms with E-state index in [1.807, 2.05) is 13.8 Å². The molecule has 1 atom stereocenters. The lowest BCUT2D eigenvalue weighted by atomic mass is 9.94. The maximum atomic E-state index is 12.0. The number of amides is 1. The maximum Gasteiger partial charge on any atom is 0.307 e. The minimum absolute atomic E-state index is 0.00718. The van der Waals surface area contributed by atoms with Gasteiger partial charge in [0.2, 0.25) is 0 Å². The SMILES string of the molecule is CCn1cc(C(=O)C(=O)NC(C)(CC)CC(=O)OC)cn1. The van der Waals surface area contributed by atoms with Crippen molar-refractivity contribution >= 4 is 17.7 Å². The summed E-state index contributed by atoms with van der Waals surface area (Å²) in [7, 11) is 1.28. The van der Waals surface area contributed by atoms with E-state index in [1.54, 1.807) is 11.6 Å². The fourth-order valence-electron chi connectivity index (χ4n) is 1.76. The van der Waals surface area contributed by atoms with Crippen molar-refractivity contribution in [2.75, 3.05) is 7.11 Å². The van der Waals surface area contributed by atoms with Crippen LogP contribution < -0.4 is 5.32 Å². The van der Waals surface area contributed by atoms with Gasteiger partial charge < -0.3 is 10.1 Å². The second-order valence-electron chi connectivity index (χ2n) is 5.04. The Morgan fingerprint density at radius 3 is 2.52 bits per heavy atom. The van der Waals surface area contributed by atoms with E-state index >= 15 is 0 Å². The lowest BCUT2D eigenvalue weighted by molar-refractivity contribution is -0.142. The monoisotopic (exact) mass is 295 g/mol. The third-order valence-corrected chi connectivity index (χ3v) is 3.38. The van der Waals surface area contributed by atoms with Crippen LogP contribution in [0.1, 0.15) is 44.0 Å². The molecular formula is C14H21N3O4. The van der Waals surface area contributed by atoms with E-state index < -0.39 is 23.2 Å². The molecule has 0 fully saturated rings. The highest BCUT2D eigenvalue weighted by Gasteiger charge is 2.31. The van der Waals surface area contributed by atoms with Crippen molar-refractivity contribution < 1.29 is 19.1 Å². The smallest absolute Gasteiger partial charge is 0.307 e. The van der Waals surface area contributed by atoms with Crippen molar-refractivity contribution in [1.82, 2.24) is 15.1 Å². The van der Waals surface area contributed by atoms with Crippen LogP contribution in [-0.2, 0) is 20.9 Å². The number of ketones is 1. The maximum absolute atomic E-state index is 12.0. The first-order valence-electron chi connectivity index (χ1n) is 6.81. The van der Waals surface area contributed by atoms with Gasteiger partial charge in [0, 0.05) is 18.3 Å². The number of rotatable bonds is 7. The van der Waals surface area contributed by atoms with Crippen LogP contribution in [0, 0.1) is 0 Å². The van der Waals surface area contributed by atoms with Gasteiger partial charge in [-0.2, -0.15) is 5.10 Å². The largest absolute Gasteiger partial charge is 0.469 e. The molecule has 1 aromatic rings. The summed E-state index contributed by atoms with van der Waals surface area (Å²) >= 11 is 0. The first-order valence-corrected chi connectivity index (χ1v) is 6.81. The van der Waals surface area contributed by atoms with Gasteiger partial charge in [0.25, 0.3) is 11.7 Å². The number of ether oxygens (including phenoxy) is 1. The van der Waals surface area contributed by atoms with Gasteiger partial charge in [0.05, 0.1) is 25.3 Å². The molecule has 0 spiro atoms. The third-order valence-electron chi connectivity index (χ3n) is 3.38. The molecular weight excluding hydrogens is 274 g/mol. The average molecular weight is 295 g/mol. The Kier molecular flexibility index (Phi) is 5.63. The number of esters is 1. The van der Waals surface area contributed by atoms with Gasteiger partial charge in [0.15, 0.2) is 0 Å². The molecule has 0 aromatic carbocycles. The third kappa shape index (κ3) is 4.40. The Bertz CT molecular complexity index is 538. The number of Topliss-reactive ketones (excluding diaryl/α,β-unsaturated/α-hetero) is 1. The summed E-state index contributed by atoms with van der Waals surface area (Å²) in [6, 6.07) is 0. The number of aromatic nitrogens is 2. The van der Waals surface area contributed by atoms with E-state index in [1.165, 1.54) is 19.5 Å². The molecule has 21 heavy (non-hydrogen) atoms. The van der Waals surface area contributed by atoms with E-state index in [0.717, 1.165) is 0 Å². The highest BCUT2D eigenvalue weighted by Crippen LogP contribution is 2.15. The van der Waals surface area contributed by atoms with Gasteiger partial charge in [-0.25, -0.2) is 0 Å². The van der Waals surface area contributed by atoms with Crippen LogP contribution in [0.3, 0.4) is 0 Å². The lowest BCUT2D eigenvalue weighted by Crippen LogP contribution is -2.49. The van der Waals surface area contributed by atoms with Crippen LogP contribution in [0.5, 0.6) is 0 Å². The number of aryl methyl sites for hydroxylation is 1. The molecule has 7 heteroatoms.